The maximum Gasteiger partial charge on any atom is 0.247 e. The molecular formula is C18H25NO. The molecule has 1 aliphatic carbocycles. The Balaban J connectivity index is 2.08. The molecule has 1 aromatic carbocycles. The van der Waals surface area contributed by atoms with Crippen LogP contribution in [0.15, 0.2) is 30.3 Å². The third-order valence-electron chi connectivity index (χ3n) is 3.99. The Bertz CT molecular complexity index is 484. The maximum absolute atomic E-state index is 12.5. The lowest BCUT2D eigenvalue weighted by atomic mass is 10.1. The Morgan fingerprint density at radius 1 is 1.30 bits per heavy atom. The van der Waals surface area contributed by atoms with Crippen LogP contribution in [0.4, 0.5) is 0 Å². The van der Waals surface area contributed by atoms with Gasteiger partial charge in [-0.3, -0.25) is 4.79 Å². The second kappa shape index (κ2) is 6.74. The van der Waals surface area contributed by atoms with E-state index in [1.54, 1.807) is 6.08 Å². The van der Waals surface area contributed by atoms with Crippen LogP contribution in [0.5, 0.6) is 0 Å². The third kappa shape index (κ3) is 3.72. The monoisotopic (exact) mass is 271 g/mol. The van der Waals surface area contributed by atoms with Gasteiger partial charge in [-0.05, 0) is 45.3 Å². The lowest BCUT2D eigenvalue weighted by Crippen LogP contribution is -2.42. The van der Waals surface area contributed by atoms with Crippen LogP contribution < -0.4 is 0 Å². The van der Waals surface area contributed by atoms with Gasteiger partial charge < -0.3 is 4.90 Å². The van der Waals surface area contributed by atoms with Gasteiger partial charge in [-0.15, -0.1) is 0 Å². The van der Waals surface area contributed by atoms with E-state index in [0.717, 1.165) is 18.4 Å². The summed E-state index contributed by atoms with van der Waals surface area (Å²) in [6, 6.07) is 8.93. The summed E-state index contributed by atoms with van der Waals surface area (Å²) in [5.41, 5.74) is 2.31. The second-order valence-corrected chi connectivity index (χ2v) is 6.03. The normalized spacial score (nSPS) is 16.2. The molecule has 0 spiro atoms. The van der Waals surface area contributed by atoms with Crippen molar-refractivity contribution in [3.05, 3.63) is 41.5 Å². The van der Waals surface area contributed by atoms with Crippen molar-refractivity contribution < 1.29 is 4.79 Å². The topological polar surface area (TPSA) is 20.3 Å². The fraction of sp³-hybridized carbons (Fsp3) is 0.500. The molecule has 0 saturated heterocycles. The number of amides is 1. The van der Waals surface area contributed by atoms with Crippen LogP contribution in [0.25, 0.3) is 6.08 Å². The van der Waals surface area contributed by atoms with Crippen LogP contribution in [-0.4, -0.2) is 22.9 Å². The van der Waals surface area contributed by atoms with E-state index in [1.807, 2.05) is 18.2 Å². The molecule has 0 bridgehead atoms. The summed E-state index contributed by atoms with van der Waals surface area (Å²) in [5, 5.41) is 0. The average molecular weight is 271 g/mol. The maximum atomic E-state index is 12.5. The highest BCUT2D eigenvalue weighted by Crippen LogP contribution is 2.25. The number of nitrogens with zero attached hydrogens (tertiary/aromatic N) is 1. The third-order valence-corrected chi connectivity index (χ3v) is 3.99. The molecule has 2 rings (SSSR count). The molecule has 0 radical (unpaired) electrons. The molecule has 1 aliphatic rings. The van der Waals surface area contributed by atoms with Crippen LogP contribution in [0.3, 0.4) is 0 Å². The Morgan fingerprint density at radius 2 is 2.00 bits per heavy atom. The SMILES string of the molecule is Cc1cccc(/C=C/C(=O)N(C(C)C)C2CCCC2)c1. The van der Waals surface area contributed by atoms with Crippen molar-refractivity contribution in [3.63, 3.8) is 0 Å². The lowest BCUT2D eigenvalue weighted by molar-refractivity contribution is -0.130. The van der Waals surface area contributed by atoms with Crippen LogP contribution >= 0.6 is 0 Å². The van der Waals surface area contributed by atoms with E-state index in [4.69, 9.17) is 0 Å². The minimum absolute atomic E-state index is 0.147. The van der Waals surface area contributed by atoms with Gasteiger partial charge in [-0.2, -0.15) is 0 Å². The number of benzene rings is 1. The molecule has 0 aliphatic heterocycles. The summed E-state index contributed by atoms with van der Waals surface area (Å²) in [6.45, 7) is 6.28. The van der Waals surface area contributed by atoms with E-state index in [-0.39, 0.29) is 11.9 Å². The molecule has 0 atom stereocenters. The quantitative estimate of drug-likeness (QED) is 0.752. The standard InChI is InChI=1S/C18H25NO/c1-14(2)19(17-9-4-5-10-17)18(20)12-11-16-8-6-7-15(3)13-16/h6-8,11-14,17H,4-5,9-10H2,1-3H3/b12-11+. The first kappa shape index (κ1) is 14.8. The molecule has 0 aromatic heterocycles. The smallest absolute Gasteiger partial charge is 0.247 e. The number of hydrogen-bond donors (Lipinski definition) is 0. The molecule has 0 N–H and O–H groups in total. The second-order valence-electron chi connectivity index (χ2n) is 6.03. The number of rotatable bonds is 4. The number of carbonyl (C=O) groups is 1. The number of hydrogen-bond acceptors (Lipinski definition) is 1. The van der Waals surface area contributed by atoms with Crippen molar-refractivity contribution in [3.8, 4) is 0 Å². The Hall–Kier alpha value is -1.57. The summed E-state index contributed by atoms with van der Waals surface area (Å²) in [5.74, 6) is 0.147. The first-order valence-electron chi connectivity index (χ1n) is 7.65. The van der Waals surface area contributed by atoms with Gasteiger partial charge in [-0.25, -0.2) is 0 Å². The highest BCUT2D eigenvalue weighted by molar-refractivity contribution is 5.92. The summed E-state index contributed by atoms with van der Waals surface area (Å²) in [6.07, 6.45) is 8.47. The van der Waals surface area contributed by atoms with Crippen molar-refractivity contribution in [1.82, 2.24) is 4.90 Å². The van der Waals surface area contributed by atoms with Gasteiger partial charge >= 0.3 is 0 Å². The van der Waals surface area contributed by atoms with E-state index in [9.17, 15) is 4.79 Å². The summed E-state index contributed by atoms with van der Waals surface area (Å²) in [4.78, 5) is 14.5. The van der Waals surface area contributed by atoms with Gasteiger partial charge in [-0.1, -0.05) is 42.7 Å². The fourth-order valence-electron chi connectivity index (χ4n) is 3.07. The minimum Gasteiger partial charge on any atom is -0.334 e. The summed E-state index contributed by atoms with van der Waals surface area (Å²) >= 11 is 0. The first-order chi connectivity index (χ1) is 9.58. The van der Waals surface area contributed by atoms with Gasteiger partial charge in [0, 0.05) is 18.2 Å². The molecule has 1 saturated carbocycles. The average Bonchev–Trinajstić information content (AvgIpc) is 2.90. The molecule has 0 heterocycles. The van der Waals surface area contributed by atoms with Crippen molar-refractivity contribution in [2.45, 2.75) is 58.5 Å². The van der Waals surface area contributed by atoms with Crippen molar-refractivity contribution in [2.24, 2.45) is 0 Å². The molecule has 0 unspecified atom stereocenters. The van der Waals surface area contributed by atoms with E-state index in [2.05, 4.69) is 37.8 Å². The Morgan fingerprint density at radius 3 is 2.60 bits per heavy atom. The predicted octanol–water partition coefficient (Wildman–Crippen LogP) is 4.19. The first-order valence-corrected chi connectivity index (χ1v) is 7.65. The zero-order valence-electron chi connectivity index (χ0n) is 12.8. The largest absolute Gasteiger partial charge is 0.334 e. The van der Waals surface area contributed by atoms with Crippen LogP contribution in [0, 0.1) is 6.92 Å². The molecule has 1 fully saturated rings. The molecular weight excluding hydrogens is 246 g/mol. The zero-order valence-corrected chi connectivity index (χ0v) is 12.8. The van der Waals surface area contributed by atoms with Crippen molar-refractivity contribution in [2.75, 3.05) is 0 Å². The highest BCUT2D eigenvalue weighted by atomic mass is 16.2. The van der Waals surface area contributed by atoms with Crippen molar-refractivity contribution >= 4 is 12.0 Å². The van der Waals surface area contributed by atoms with Gasteiger partial charge in [0.15, 0.2) is 0 Å². The van der Waals surface area contributed by atoms with Gasteiger partial charge in [0.1, 0.15) is 0 Å². The molecule has 1 amide bonds. The number of aryl methyl sites for hydroxylation is 1. The minimum atomic E-state index is 0.147. The van der Waals surface area contributed by atoms with Crippen molar-refractivity contribution in [1.29, 1.82) is 0 Å². The fourth-order valence-corrected chi connectivity index (χ4v) is 3.07. The molecule has 108 valence electrons. The molecule has 2 nitrogen and oxygen atoms in total. The Kier molecular flexibility index (Phi) is 4.99. The van der Waals surface area contributed by atoms with E-state index in [1.165, 1.54) is 18.4 Å². The van der Waals surface area contributed by atoms with E-state index >= 15 is 0 Å². The van der Waals surface area contributed by atoms with Gasteiger partial charge in [0.05, 0.1) is 0 Å². The van der Waals surface area contributed by atoms with E-state index in [0.29, 0.717) is 6.04 Å². The van der Waals surface area contributed by atoms with E-state index < -0.39 is 0 Å². The zero-order chi connectivity index (χ0) is 14.5. The number of carbonyl (C=O) groups excluding carboxylic acids is 1. The van der Waals surface area contributed by atoms with Crippen LogP contribution in [0.2, 0.25) is 0 Å². The lowest BCUT2D eigenvalue weighted by Gasteiger charge is -2.31. The molecule has 2 heteroatoms. The summed E-state index contributed by atoms with van der Waals surface area (Å²) < 4.78 is 0. The van der Waals surface area contributed by atoms with Crippen LogP contribution in [-0.2, 0) is 4.79 Å². The Labute approximate surface area is 122 Å². The highest BCUT2D eigenvalue weighted by Gasteiger charge is 2.27. The van der Waals surface area contributed by atoms with Gasteiger partial charge in [0.25, 0.3) is 0 Å². The van der Waals surface area contributed by atoms with Gasteiger partial charge in [0.2, 0.25) is 5.91 Å². The van der Waals surface area contributed by atoms with Crippen LogP contribution in [0.1, 0.15) is 50.7 Å². The molecule has 1 aromatic rings. The molecule has 20 heavy (non-hydrogen) atoms. The predicted molar refractivity (Wildman–Crippen MR) is 84.5 cm³/mol. The summed E-state index contributed by atoms with van der Waals surface area (Å²) in [7, 11) is 0.